The number of hydrogen-bond donors (Lipinski definition) is 1. The number of ether oxygens (including phenoxy) is 2. The first-order valence-corrected chi connectivity index (χ1v) is 9.22. The highest BCUT2D eigenvalue weighted by atomic mass is 32.1. The van der Waals surface area contributed by atoms with Crippen molar-refractivity contribution in [3.63, 3.8) is 0 Å². The Bertz CT molecular complexity index is 1030. The van der Waals surface area contributed by atoms with Gasteiger partial charge in [0.25, 0.3) is 0 Å². The van der Waals surface area contributed by atoms with E-state index in [1.54, 1.807) is 17.0 Å². The van der Waals surface area contributed by atoms with Crippen LogP contribution in [0.1, 0.15) is 22.5 Å². The number of aryl methyl sites for hydroxylation is 2. The third-order valence-electron chi connectivity index (χ3n) is 4.02. The summed E-state index contributed by atoms with van der Waals surface area (Å²) < 4.78 is 13.5. The van der Waals surface area contributed by atoms with Gasteiger partial charge in [0.2, 0.25) is 4.77 Å². The van der Waals surface area contributed by atoms with E-state index < -0.39 is 0 Å². The van der Waals surface area contributed by atoms with Gasteiger partial charge in [-0.3, -0.25) is 0 Å². The molecule has 0 spiro atoms. The number of aromatic amines is 1. The number of H-pyrrole nitrogens is 1. The zero-order chi connectivity index (χ0) is 19.9. The molecule has 144 valence electrons. The molecule has 0 fully saturated rings. The minimum atomic E-state index is 0.249. The van der Waals surface area contributed by atoms with Crippen molar-refractivity contribution in [3.05, 3.63) is 82.4 Å². The first-order chi connectivity index (χ1) is 13.6. The maximum absolute atomic E-state index is 5.97. The first kappa shape index (κ1) is 19.6. The molecule has 0 radical (unpaired) electrons. The van der Waals surface area contributed by atoms with Gasteiger partial charge < -0.3 is 9.47 Å². The van der Waals surface area contributed by atoms with Crippen LogP contribution < -0.4 is 9.47 Å². The van der Waals surface area contributed by atoms with Crippen LogP contribution in [0.25, 0.3) is 0 Å². The van der Waals surface area contributed by atoms with Crippen molar-refractivity contribution < 1.29 is 9.47 Å². The Balaban J connectivity index is 1.77. The van der Waals surface area contributed by atoms with Gasteiger partial charge in [-0.25, -0.2) is 5.10 Å². The van der Waals surface area contributed by atoms with Crippen molar-refractivity contribution in [2.24, 2.45) is 5.10 Å². The van der Waals surface area contributed by atoms with E-state index in [-0.39, 0.29) is 6.61 Å². The lowest BCUT2D eigenvalue weighted by Crippen LogP contribution is -2.05. The largest absolute Gasteiger partial charge is 0.490 e. The SMILES string of the molecule is C=CCOc1cccc(/C=N\n2c(COc3c(C)cccc3C)n[nH]c2=S)c1. The molecule has 1 N–H and O–H groups in total. The quantitative estimate of drug-likeness (QED) is 0.345. The smallest absolute Gasteiger partial charge is 0.216 e. The number of hydrogen-bond acceptors (Lipinski definition) is 5. The molecule has 3 rings (SSSR count). The molecule has 0 aliphatic rings. The van der Waals surface area contributed by atoms with Crippen LogP contribution in [-0.2, 0) is 6.61 Å². The number of nitrogens with one attached hydrogen (secondary N) is 1. The fourth-order valence-electron chi connectivity index (χ4n) is 2.66. The summed E-state index contributed by atoms with van der Waals surface area (Å²) in [6, 6.07) is 13.6. The number of aromatic nitrogens is 3. The van der Waals surface area contributed by atoms with Crippen molar-refractivity contribution in [3.8, 4) is 11.5 Å². The lowest BCUT2D eigenvalue weighted by Gasteiger charge is -2.11. The highest BCUT2D eigenvalue weighted by molar-refractivity contribution is 7.71. The molecular formula is C21H22N4O2S. The van der Waals surface area contributed by atoms with Crippen LogP contribution >= 0.6 is 12.2 Å². The zero-order valence-electron chi connectivity index (χ0n) is 15.9. The summed E-state index contributed by atoms with van der Waals surface area (Å²) in [6.45, 7) is 8.38. The van der Waals surface area contributed by atoms with E-state index in [4.69, 9.17) is 21.7 Å². The molecule has 0 saturated heterocycles. The maximum atomic E-state index is 5.97. The highest BCUT2D eigenvalue weighted by Gasteiger charge is 2.09. The molecule has 6 nitrogen and oxygen atoms in total. The molecule has 1 heterocycles. The molecule has 0 saturated carbocycles. The number of nitrogens with zero attached hydrogens (tertiary/aromatic N) is 3. The van der Waals surface area contributed by atoms with E-state index in [0.717, 1.165) is 28.2 Å². The molecule has 28 heavy (non-hydrogen) atoms. The predicted molar refractivity (Wildman–Crippen MR) is 113 cm³/mol. The lowest BCUT2D eigenvalue weighted by atomic mass is 10.1. The number of rotatable bonds is 8. The van der Waals surface area contributed by atoms with E-state index in [2.05, 4.69) is 21.9 Å². The minimum absolute atomic E-state index is 0.249. The Morgan fingerprint density at radius 2 is 1.93 bits per heavy atom. The van der Waals surface area contributed by atoms with Crippen LogP contribution in [0.3, 0.4) is 0 Å². The first-order valence-electron chi connectivity index (χ1n) is 8.82. The molecule has 0 bridgehead atoms. The van der Waals surface area contributed by atoms with E-state index >= 15 is 0 Å². The van der Waals surface area contributed by atoms with E-state index in [9.17, 15) is 0 Å². The molecule has 1 aromatic heterocycles. The van der Waals surface area contributed by atoms with Crippen molar-refractivity contribution in [1.82, 2.24) is 14.9 Å². The zero-order valence-corrected chi connectivity index (χ0v) is 16.7. The minimum Gasteiger partial charge on any atom is -0.490 e. The van der Waals surface area contributed by atoms with Crippen LogP contribution in [0, 0.1) is 18.6 Å². The predicted octanol–water partition coefficient (Wildman–Crippen LogP) is 4.58. The summed E-state index contributed by atoms with van der Waals surface area (Å²) in [5.41, 5.74) is 3.02. The van der Waals surface area contributed by atoms with Gasteiger partial charge in [-0.15, -0.1) is 0 Å². The van der Waals surface area contributed by atoms with E-state index in [0.29, 0.717) is 17.2 Å². The Morgan fingerprint density at radius 3 is 2.68 bits per heavy atom. The highest BCUT2D eigenvalue weighted by Crippen LogP contribution is 2.23. The van der Waals surface area contributed by atoms with Crippen molar-refractivity contribution in [1.29, 1.82) is 0 Å². The second-order valence-corrected chi connectivity index (χ2v) is 6.57. The standard InChI is InChI=1S/C21H22N4O2S/c1-4-11-26-18-10-6-9-17(12-18)13-22-25-19(23-24-21(25)28)14-27-20-15(2)7-5-8-16(20)3/h4-10,12-13H,1,11,14H2,2-3H3,(H,24,28)/b22-13-. The summed E-state index contributed by atoms with van der Waals surface area (Å²) in [4.78, 5) is 0. The molecule has 7 heteroatoms. The summed E-state index contributed by atoms with van der Waals surface area (Å²) in [5, 5.41) is 11.4. The second-order valence-electron chi connectivity index (χ2n) is 6.18. The molecule has 3 aromatic rings. The fraction of sp³-hybridized carbons (Fsp3) is 0.190. The van der Waals surface area contributed by atoms with Crippen LogP contribution in [-0.4, -0.2) is 27.7 Å². The van der Waals surface area contributed by atoms with Crippen molar-refractivity contribution in [2.75, 3.05) is 6.61 Å². The lowest BCUT2D eigenvalue weighted by molar-refractivity contribution is 0.287. The number of benzene rings is 2. The Labute approximate surface area is 169 Å². The van der Waals surface area contributed by atoms with Gasteiger partial charge in [0.1, 0.15) is 24.7 Å². The maximum Gasteiger partial charge on any atom is 0.216 e. The average Bonchev–Trinajstić information content (AvgIpc) is 3.04. The Kier molecular flexibility index (Phi) is 6.39. The van der Waals surface area contributed by atoms with E-state index in [1.807, 2.05) is 56.3 Å². The normalized spacial score (nSPS) is 10.9. The Morgan fingerprint density at radius 1 is 1.18 bits per heavy atom. The van der Waals surface area contributed by atoms with Crippen LogP contribution in [0.5, 0.6) is 11.5 Å². The molecule has 0 atom stereocenters. The van der Waals surface area contributed by atoms with Crippen LogP contribution in [0.4, 0.5) is 0 Å². The summed E-state index contributed by atoms with van der Waals surface area (Å²) >= 11 is 5.29. The van der Waals surface area contributed by atoms with Gasteiger partial charge in [-0.2, -0.15) is 14.9 Å². The third kappa shape index (κ3) is 4.75. The Hall–Kier alpha value is -3.19. The molecule has 0 aliphatic heterocycles. The van der Waals surface area contributed by atoms with Crippen molar-refractivity contribution >= 4 is 18.4 Å². The monoisotopic (exact) mass is 394 g/mol. The fourth-order valence-corrected chi connectivity index (χ4v) is 2.86. The van der Waals surface area contributed by atoms with Gasteiger partial charge in [-0.05, 0) is 54.9 Å². The second kappa shape index (κ2) is 9.14. The molecule has 0 unspecified atom stereocenters. The average molecular weight is 395 g/mol. The van der Waals surface area contributed by atoms with Gasteiger partial charge in [0.05, 0.1) is 6.21 Å². The summed E-state index contributed by atoms with van der Waals surface area (Å²) in [7, 11) is 0. The van der Waals surface area contributed by atoms with Gasteiger partial charge in [0.15, 0.2) is 5.82 Å². The van der Waals surface area contributed by atoms with Crippen LogP contribution in [0.2, 0.25) is 0 Å². The van der Waals surface area contributed by atoms with Gasteiger partial charge >= 0.3 is 0 Å². The number of para-hydroxylation sites is 1. The third-order valence-corrected chi connectivity index (χ3v) is 4.28. The molecule has 0 aliphatic carbocycles. The summed E-state index contributed by atoms with van der Waals surface area (Å²) in [5.74, 6) is 2.18. The molecular weight excluding hydrogens is 372 g/mol. The van der Waals surface area contributed by atoms with E-state index in [1.165, 1.54) is 0 Å². The topological polar surface area (TPSA) is 64.4 Å². The van der Waals surface area contributed by atoms with Gasteiger partial charge in [0, 0.05) is 0 Å². The van der Waals surface area contributed by atoms with Gasteiger partial charge in [-0.1, -0.05) is 43.0 Å². The molecule has 2 aromatic carbocycles. The van der Waals surface area contributed by atoms with Crippen molar-refractivity contribution in [2.45, 2.75) is 20.5 Å². The van der Waals surface area contributed by atoms with Crippen LogP contribution in [0.15, 0.2) is 60.2 Å². The molecule has 0 amide bonds. The summed E-state index contributed by atoms with van der Waals surface area (Å²) in [6.07, 6.45) is 3.41.